The number of fused-ring (bicyclic) bond motifs is 1. The molecule has 8 nitrogen and oxygen atoms in total. The first-order valence-corrected chi connectivity index (χ1v) is 9.27. The number of nitrogens with zero attached hydrogens (tertiary/aromatic N) is 5. The van der Waals surface area contributed by atoms with Crippen LogP contribution in [0.4, 0.5) is 0 Å². The third-order valence-electron chi connectivity index (χ3n) is 5.30. The van der Waals surface area contributed by atoms with Crippen molar-refractivity contribution >= 4 is 16.9 Å². The van der Waals surface area contributed by atoms with Gasteiger partial charge in [-0.2, -0.15) is 0 Å². The number of aliphatic hydroxyl groups excluding tert-OH is 1. The van der Waals surface area contributed by atoms with Crippen molar-refractivity contribution in [3.8, 4) is 0 Å². The summed E-state index contributed by atoms with van der Waals surface area (Å²) < 4.78 is 1.84. The largest absolute Gasteiger partial charge is 0.388 e. The quantitative estimate of drug-likeness (QED) is 0.726. The molecule has 0 spiro atoms. The van der Waals surface area contributed by atoms with E-state index in [9.17, 15) is 9.90 Å². The normalized spacial score (nSPS) is 17.6. The summed E-state index contributed by atoms with van der Waals surface area (Å²) in [5.41, 5.74) is 2.87. The SMILES string of the molecule is Cc1nc2ccc(CC(=O)N3CCCC(c4nnc(CO)n4C)C3)cc2[nH]1. The molecule has 1 saturated heterocycles. The molecule has 27 heavy (non-hydrogen) atoms. The number of piperidine rings is 1. The molecule has 2 aromatic heterocycles. The third kappa shape index (κ3) is 3.44. The molecule has 8 heteroatoms. The number of carbonyl (C=O) groups excluding carboxylic acids is 1. The van der Waals surface area contributed by atoms with Crippen molar-refractivity contribution in [3.63, 3.8) is 0 Å². The van der Waals surface area contributed by atoms with E-state index in [0.717, 1.165) is 47.6 Å². The van der Waals surface area contributed by atoms with Crippen LogP contribution in [-0.4, -0.2) is 53.7 Å². The second kappa shape index (κ2) is 7.11. The summed E-state index contributed by atoms with van der Waals surface area (Å²) in [5, 5.41) is 17.6. The van der Waals surface area contributed by atoms with Gasteiger partial charge in [-0.15, -0.1) is 10.2 Å². The fraction of sp³-hybridized carbons (Fsp3) is 0.474. The first-order chi connectivity index (χ1) is 13.0. The van der Waals surface area contributed by atoms with Crippen LogP contribution in [0.5, 0.6) is 0 Å². The summed E-state index contributed by atoms with van der Waals surface area (Å²) in [7, 11) is 1.86. The zero-order chi connectivity index (χ0) is 19.0. The standard InChI is InChI=1S/C19H24N6O2/c1-12-20-15-6-5-13(8-16(15)21-12)9-18(27)25-7-3-4-14(10-25)19-23-22-17(11-26)24(19)2/h5-6,8,14,26H,3-4,7,9-11H2,1-2H3,(H,20,21). The molecular formula is C19H24N6O2. The molecule has 0 saturated carbocycles. The minimum absolute atomic E-state index is 0.125. The smallest absolute Gasteiger partial charge is 0.227 e. The second-order valence-electron chi connectivity index (χ2n) is 7.22. The number of aromatic amines is 1. The first-order valence-electron chi connectivity index (χ1n) is 9.27. The van der Waals surface area contributed by atoms with Gasteiger partial charge in [-0.3, -0.25) is 4.79 Å². The van der Waals surface area contributed by atoms with Crippen molar-refractivity contribution in [1.29, 1.82) is 0 Å². The summed E-state index contributed by atoms with van der Waals surface area (Å²) in [6.45, 7) is 3.20. The van der Waals surface area contributed by atoms with E-state index in [4.69, 9.17) is 0 Å². The summed E-state index contributed by atoms with van der Waals surface area (Å²) in [5.74, 6) is 2.54. The Morgan fingerprint density at radius 2 is 2.22 bits per heavy atom. The van der Waals surface area contributed by atoms with Crippen molar-refractivity contribution in [2.75, 3.05) is 13.1 Å². The summed E-state index contributed by atoms with van der Waals surface area (Å²) in [6.07, 6.45) is 2.29. The van der Waals surface area contributed by atoms with Crippen LogP contribution in [0.15, 0.2) is 18.2 Å². The zero-order valence-electron chi connectivity index (χ0n) is 15.6. The van der Waals surface area contributed by atoms with E-state index in [1.165, 1.54) is 0 Å². The monoisotopic (exact) mass is 368 g/mol. The number of rotatable bonds is 4. The lowest BCUT2D eigenvalue weighted by molar-refractivity contribution is -0.131. The Morgan fingerprint density at radius 1 is 1.37 bits per heavy atom. The van der Waals surface area contributed by atoms with Crippen molar-refractivity contribution in [2.24, 2.45) is 7.05 Å². The van der Waals surface area contributed by atoms with Crippen LogP contribution in [-0.2, 0) is 24.9 Å². The summed E-state index contributed by atoms with van der Waals surface area (Å²) in [6, 6.07) is 5.93. The van der Waals surface area contributed by atoms with Crippen LogP contribution in [0.25, 0.3) is 11.0 Å². The highest BCUT2D eigenvalue weighted by molar-refractivity contribution is 5.82. The molecule has 0 radical (unpaired) electrons. The Hall–Kier alpha value is -2.74. The number of nitrogens with one attached hydrogen (secondary N) is 1. The van der Waals surface area contributed by atoms with Gasteiger partial charge < -0.3 is 19.6 Å². The number of likely N-dealkylation sites (tertiary alicyclic amines) is 1. The molecule has 1 unspecified atom stereocenters. The summed E-state index contributed by atoms with van der Waals surface area (Å²) in [4.78, 5) is 22.4. The molecular weight excluding hydrogens is 344 g/mol. The van der Waals surface area contributed by atoms with Crippen LogP contribution in [0.1, 0.15) is 41.8 Å². The highest BCUT2D eigenvalue weighted by Crippen LogP contribution is 2.26. The molecule has 0 bridgehead atoms. The Kier molecular flexibility index (Phi) is 4.65. The highest BCUT2D eigenvalue weighted by Gasteiger charge is 2.28. The fourth-order valence-electron chi connectivity index (χ4n) is 3.86. The average molecular weight is 368 g/mol. The Morgan fingerprint density at radius 3 is 3.00 bits per heavy atom. The molecule has 0 aliphatic carbocycles. The van der Waals surface area contributed by atoms with Crippen molar-refractivity contribution in [2.45, 2.75) is 38.7 Å². The maximum Gasteiger partial charge on any atom is 0.227 e. The molecule has 3 heterocycles. The van der Waals surface area contributed by atoms with Crippen LogP contribution >= 0.6 is 0 Å². The lowest BCUT2D eigenvalue weighted by Crippen LogP contribution is -2.40. The maximum absolute atomic E-state index is 12.8. The number of carbonyl (C=O) groups is 1. The Bertz CT molecular complexity index is 976. The minimum Gasteiger partial charge on any atom is -0.388 e. The van der Waals surface area contributed by atoms with Crippen LogP contribution < -0.4 is 0 Å². The van der Waals surface area contributed by atoms with Gasteiger partial charge in [0.1, 0.15) is 18.3 Å². The van der Waals surface area contributed by atoms with Gasteiger partial charge in [-0.25, -0.2) is 4.98 Å². The number of hydrogen-bond acceptors (Lipinski definition) is 5. The molecule has 4 rings (SSSR count). The Labute approximate surface area is 157 Å². The number of H-pyrrole nitrogens is 1. The van der Waals surface area contributed by atoms with Gasteiger partial charge >= 0.3 is 0 Å². The fourth-order valence-corrected chi connectivity index (χ4v) is 3.86. The van der Waals surface area contributed by atoms with E-state index in [1.807, 2.05) is 41.6 Å². The van der Waals surface area contributed by atoms with Crippen LogP contribution in [0.3, 0.4) is 0 Å². The minimum atomic E-state index is -0.131. The van der Waals surface area contributed by atoms with Gasteiger partial charge in [0.05, 0.1) is 17.5 Å². The number of amides is 1. The van der Waals surface area contributed by atoms with Gasteiger partial charge in [0.2, 0.25) is 5.91 Å². The van der Waals surface area contributed by atoms with E-state index in [1.54, 1.807) is 0 Å². The van der Waals surface area contributed by atoms with Gasteiger partial charge in [-0.1, -0.05) is 6.07 Å². The summed E-state index contributed by atoms with van der Waals surface area (Å²) >= 11 is 0. The van der Waals surface area contributed by atoms with Crippen molar-refractivity contribution < 1.29 is 9.90 Å². The number of benzene rings is 1. The number of imidazole rings is 1. The highest BCUT2D eigenvalue weighted by atomic mass is 16.3. The molecule has 1 amide bonds. The van der Waals surface area contributed by atoms with E-state index >= 15 is 0 Å². The number of aromatic nitrogens is 5. The van der Waals surface area contributed by atoms with E-state index < -0.39 is 0 Å². The van der Waals surface area contributed by atoms with Crippen LogP contribution in [0, 0.1) is 6.92 Å². The van der Waals surface area contributed by atoms with E-state index in [0.29, 0.717) is 18.8 Å². The topological polar surface area (TPSA) is 99.9 Å². The molecule has 1 fully saturated rings. The third-order valence-corrected chi connectivity index (χ3v) is 5.30. The van der Waals surface area contributed by atoms with Gasteiger partial charge in [0.25, 0.3) is 0 Å². The number of aliphatic hydroxyl groups is 1. The van der Waals surface area contributed by atoms with Crippen molar-refractivity contribution in [3.05, 3.63) is 41.2 Å². The molecule has 3 aromatic rings. The lowest BCUT2D eigenvalue weighted by atomic mass is 9.96. The van der Waals surface area contributed by atoms with Gasteiger partial charge in [-0.05, 0) is 37.5 Å². The molecule has 1 aliphatic heterocycles. The maximum atomic E-state index is 12.8. The number of aryl methyl sites for hydroxylation is 1. The molecule has 1 aromatic carbocycles. The molecule has 1 aliphatic rings. The lowest BCUT2D eigenvalue weighted by Gasteiger charge is -2.32. The molecule has 1 atom stereocenters. The van der Waals surface area contributed by atoms with Crippen LogP contribution in [0.2, 0.25) is 0 Å². The predicted octanol–water partition coefficient (Wildman–Crippen LogP) is 1.44. The predicted molar refractivity (Wildman–Crippen MR) is 100 cm³/mol. The number of hydrogen-bond donors (Lipinski definition) is 2. The zero-order valence-corrected chi connectivity index (χ0v) is 15.6. The van der Waals surface area contributed by atoms with Crippen molar-refractivity contribution in [1.82, 2.24) is 29.6 Å². The van der Waals surface area contributed by atoms with E-state index in [2.05, 4.69) is 20.2 Å². The first kappa shape index (κ1) is 17.7. The Balaban J connectivity index is 1.46. The van der Waals surface area contributed by atoms with E-state index in [-0.39, 0.29) is 18.4 Å². The second-order valence-corrected chi connectivity index (χ2v) is 7.22. The van der Waals surface area contributed by atoms with Gasteiger partial charge in [0, 0.05) is 26.1 Å². The molecule has 2 N–H and O–H groups in total. The molecule has 142 valence electrons. The average Bonchev–Trinajstić information content (AvgIpc) is 3.22. The van der Waals surface area contributed by atoms with Gasteiger partial charge in [0.15, 0.2) is 5.82 Å².